The summed E-state index contributed by atoms with van der Waals surface area (Å²) >= 11 is 5.88. The Morgan fingerprint density at radius 3 is 2.85 bits per heavy atom. The maximum absolute atomic E-state index is 12.4. The summed E-state index contributed by atoms with van der Waals surface area (Å²) in [6.07, 6.45) is 1.30. The first kappa shape index (κ1) is 15.0. The van der Waals surface area contributed by atoms with E-state index < -0.39 is 10.0 Å². The van der Waals surface area contributed by atoms with Crippen molar-refractivity contribution in [2.75, 3.05) is 25.1 Å². The molecule has 0 bridgehead atoms. The number of nitrogens with one attached hydrogen (secondary N) is 2. The number of hydrazine groups is 1. The van der Waals surface area contributed by atoms with Crippen molar-refractivity contribution in [3.63, 3.8) is 0 Å². The van der Waals surface area contributed by atoms with Crippen LogP contribution in [0.3, 0.4) is 0 Å². The van der Waals surface area contributed by atoms with Gasteiger partial charge in [0.2, 0.25) is 15.9 Å². The first-order valence-corrected chi connectivity index (χ1v) is 7.66. The number of pyridine rings is 1. The molecular weight excluding hydrogens is 306 g/mol. The van der Waals surface area contributed by atoms with E-state index in [0.29, 0.717) is 0 Å². The van der Waals surface area contributed by atoms with Crippen LogP contribution in [0.5, 0.6) is 0 Å². The van der Waals surface area contributed by atoms with Crippen LogP contribution < -0.4 is 16.6 Å². The quantitative estimate of drug-likeness (QED) is 0.512. The predicted molar refractivity (Wildman–Crippen MR) is 73.4 cm³/mol. The SMILES string of the molecule is NNc1ncc(S(=O)(=O)N2CCNC(=O)CC2)cc1Cl. The highest BCUT2D eigenvalue weighted by Crippen LogP contribution is 2.24. The van der Waals surface area contributed by atoms with Crippen molar-refractivity contribution < 1.29 is 13.2 Å². The molecule has 110 valence electrons. The van der Waals surface area contributed by atoms with Gasteiger partial charge in [-0.2, -0.15) is 4.31 Å². The molecule has 1 aliphatic rings. The number of aromatic nitrogens is 1. The second kappa shape index (κ2) is 5.92. The highest BCUT2D eigenvalue weighted by atomic mass is 35.5. The van der Waals surface area contributed by atoms with E-state index in [0.717, 1.165) is 0 Å². The zero-order valence-electron chi connectivity index (χ0n) is 10.5. The standard InChI is InChI=1S/C10H14ClN5O3S/c11-8-5-7(6-14-10(8)15-12)20(18,19)16-3-1-9(17)13-2-4-16/h5-6H,1-4,12H2,(H,13,17)(H,14,15). The number of anilines is 1. The van der Waals surface area contributed by atoms with Crippen LogP contribution in [0.25, 0.3) is 0 Å². The van der Waals surface area contributed by atoms with Gasteiger partial charge in [0, 0.05) is 32.3 Å². The molecule has 2 heterocycles. The molecule has 0 radical (unpaired) electrons. The number of nitrogen functional groups attached to an aromatic ring is 1. The van der Waals surface area contributed by atoms with Gasteiger partial charge in [-0.3, -0.25) is 4.79 Å². The molecule has 2 rings (SSSR count). The molecule has 8 nitrogen and oxygen atoms in total. The number of hydrogen-bond donors (Lipinski definition) is 3. The zero-order valence-corrected chi connectivity index (χ0v) is 12.0. The van der Waals surface area contributed by atoms with E-state index in [1.54, 1.807) is 0 Å². The second-order valence-electron chi connectivity index (χ2n) is 4.15. The molecule has 0 aliphatic carbocycles. The second-order valence-corrected chi connectivity index (χ2v) is 6.49. The molecular formula is C10H14ClN5O3S. The first-order valence-electron chi connectivity index (χ1n) is 5.84. The summed E-state index contributed by atoms with van der Waals surface area (Å²) in [4.78, 5) is 15.0. The van der Waals surface area contributed by atoms with Crippen LogP contribution >= 0.6 is 11.6 Å². The lowest BCUT2D eigenvalue weighted by atomic mass is 10.4. The molecule has 0 spiro atoms. The van der Waals surface area contributed by atoms with E-state index in [9.17, 15) is 13.2 Å². The number of amides is 1. The average molecular weight is 320 g/mol. The fourth-order valence-corrected chi connectivity index (χ4v) is 3.50. The Morgan fingerprint density at radius 2 is 2.20 bits per heavy atom. The molecule has 1 fully saturated rings. The molecule has 1 saturated heterocycles. The van der Waals surface area contributed by atoms with Gasteiger partial charge in [-0.15, -0.1) is 0 Å². The Labute approximate surface area is 121 Å². The molecule has 20 heavy (non-hydrogen) atoms. The molecule has 0 atom stereocenters. The summed E-state index contributed by atoms with van der Waals surface area (Å²) in [5, 5.41) is 2.72. The summed E-state index contributed by atoms with van der Waals surface area (Å²) < 4.78 is 26.1. The lowest BCUT2D eigenvalue weighted by Gasteiger charge is -2.19. The molecule has 10 heteroatoms. The Morgan fingerprint density at radius 1 is 1.45 bits per heavy atom. The fourth-order valence-electron chi connectivity index (χ4n) is 1.80. The van der Waals surface area contributed by atoms with Crippen molar-refractivity contribution in [2.45, 2.75) is 11.3 Å². The van der Waals surface area contributed by atoms with Crippen molar-refractivity contribution in [2.24, 2.45) is 5.84 Å². The lowest BCUT2D eigenvalue weighted by Crippen LogP contribution is -2.34. The predicted octanol–water partition coefficient (Wildman–Crippen LogP) is -0.469. The monoisotopic (exact) mass is 319 g/mol. The van der Waals surface area contributed by atoms with Gasteiger partial charge in [0.25, 0.3) is 0 Å². The number of sulfonamides is 1. The topological polar surface area (TPSA) is 117 Å². The average Bonchev–Trinajstić information content (AvgIpc) is 2.63. The van der Waals surface area contributed by atoms with Crippen LogP contribution in [0.2, 0.25) is 5.02 Å². The number of halogens is 1. The lowest BCUT2D eigenvalue weighted by molar-refractivity contribution is -0.120. The fraction of sp³-hybridized carbons (Fsp3) is 0.400. The molecule has 0 aromatic carbocycles. The largest absolute Gasteiger partial charge is 0.355 e. The molecule has 4 N–H and O–H groups in total. The highest BCUT2D eigenvalue weighted by Gasteiger charge is 2.27. The van der Waals surface area contributed by atoms with Crippen LogP contribution in [0.15, 0.2) is 17.2 Å². The van der Waals surface area contributed by atoms with Crippen LogP contribution in [-0.2, 0) is 14.8 Å². The van der Waals surface area contributed by atoms with E-state index in [1.165, 1.54) is 16.6 Å². The number of hydrogen-bond acceptors (Lipinski definition) is 6. The van der Waals surface area contributed by atoms with E-state index >= 15 is 0 Å². The number of nitrogens with two attached hydrogens (primary N) is 1. The Kier molecular flexibility index (Phi) is 4.43. The Bertz CT molecular complexity index is 621. The third-order valence-electron chi connectivity index (χ3n) is 2.86. The van der Waals surface area contributed by atoms with E-state index in [4.69, 9.17) is 17.4 Å². The summed E-state index contributed by atoms with van der Waals surface area (Å²) in [6, 6.07) is 1.28. The maximum Gasteiger partial charge on any atom is 0.244 e. The summed E-state index contributed by atoms with van der Waals surface area (Å²) in [6.45, 7) is 0.618. The van der Waals surface area contributed by atoms with Gasteiger partial charge in [0.1, 0.15) is 4.90 Å². The van der Waals surface area contributed by atoms with Crippen LogP contribution in [0, 0.1) is 0 Å². The number of nitrogens with zero attached hydrogens (tertiary/aromatic N) is 2. The van der Waals surface area contributed by atoms with Crippen molar-refractivity contribution in [1.29, 1.82) is 0 Å². The molecule has 1 aromatic rings. The third kappa shape index (κ3) is 3.01. The van der Waals surface area contributed by atoms with Gasteiger partial charge in [0.05, 0.1) is 5.02 Å². The minimum atomic E-state index is -3.73. The van der Waals surface area contributed by atoms with Gasteiger partial charge in [-0.05, 0) is 6.07 Å². The highest BCUT2D eigenvalue weighted by molar-refractivity contribution is 7.89. The summed E-state index contributed by atoms with van der Waals surface area (Å²) in [5.41, 5.74) is 2.26. The van der Waals surface area contributed by atoms with Crippen molar-refractivity contribution in [1.82, 2.24) is 14.6 Å². The normalized spacial score (nSPS) is 17.4. The maximum atomic E-state index is 12.4. The van der Waals surface area contributed by atoms with E-state index in [2.05, 4.69) is 15.7 Å². The molecule has 1 amide bonds. The minimum absolute atomic E-state index is 0.0316. The van der Waals surface area contributed by atoms with E-state index in [-0.39, 0.29) is 47.7 Å². The van der Waals surface area contributed by atoms with Gasteiger partial charge >= 0.3 is 0 Å². The van der Waals surface area contributed by atoms with Crippen LogP contribution in [-0.4, -0.2) is 43.2 Å². The van der Waals surface area contributed by atoms with Gasteiger partial charge in [-0.25, -0.2) is 19.2 Å². The van der Waals surface area contributed by atoms with Gasteiger partial charge in [0.15, 0.2) is 5.82 Å². The number of rotatable bonds is 3. The van der Waals surface area contributed by atoms with Gasteiger partial charge < -0.3 is 10.7 Å². The molecule has 0 unspecified atom stereocenters. The van der Waals surface area contributed by atoms with Crippen molar-refractivity contribution in [3.05, 3.63) is 17.3 Å². The first-order chi connectivity index (χ1) is 9.45. The van der Waals surface area contributed by atoms with E-state index in [1.807, 2.05) is 0 Å². The minimum Gasteiger partial charge on any atom is -0.355 e. The van der Waals surface area contributed by atoms with Crippen molar-refractivity contribution >= 4 is 33.3 Å². The summed E-state index contributed by atoms with van der Waals surface area (Å²) in [7, 11) is -3.73. The van der Waals surface area contributed by atoms with Gasteiger partial charge in [-0.1, -0.05) is 11.6 Å². The third-order valence-corrected chi connectivity index (χ3v) is 5.01. The molecule has 1 aromatic heterocycles. The molecule has 1 aliphatic heterocycles. The Hall–Kier alpha value is -1.42. The summed E-state index contributed by atoms with van der Waals surface area (Å²) in [5.74, 6) is 5.21. The molecule has 0 saturated carbocycles. The van der Waals surface area contributed by atoms with Crippen molar-refractivity contribution in [3.8, 4) is 0 Å². The smallest absolute Gasteiger partial charge is 0.244 e. The zero-order chi connectivity index (χ0) is 14.8. The number of carbonyl (C=O) groups is 1. The van der Waals surface area contributed by atoms with Crippen LogP contribution in [0.1, 0.15) is 6.42 Å². The Balaban J connectivity index is 2.29. The number of carbonyl (C=O) groups excluding carboxylic acids is 1. The van der Waals surface area contributed by atoms with Crippen LogP contribution in [0.4, 0.5) is 5.82 Å².